The molecule has 1 unspecified atom stereocenters. The van der Waals surface area contributed by atoms with Crippen molar-refractivity contribution < 1.29 is 8.42 Å². The van der Waals surface area contributed by atoms with Crippen molar-refractivity contribution >= 4 is 21.6 Å². The molecule has 0 N–H and O–H groups in total. The summed E-state index contributed by atoms with van der Waals surface area (Å²) in [5, 5.41) is 0. The van der Waals surface area contributed by atoms with Crippen LogP contribution in [0.15, 0.2) is 17.2 Å². The molecule has 0 saturated heterocycles. The molecule has 1 atom stereocenters. The van der Waals surface area contributed by atoms with Gasteiger partial charge in [0.1, 0.15) is 4.90 Å². The molecule has 0 aliphatic carbocycles. The lowest BCUT2D eigenvalue weighted by atomic mass is 10.3. The summed E-state index contributed by atoms with van der Waals surface area (Å²) in [6, 6.07) is 1.87. The first-order chi connectivity index (χ1) is 9.29. The van der Waals surface area contributed by atoms with Crippen LogP contribution in [-0.2, 0) is 15.9 Å². The number of aromatic nitrogens is 1. The quantitative estimate of drug-likeness (QED) is 0.720. The first-order valence-electron chi connectivity index (χ1n) is 7.08. The summed E-state index contributed by atoms with van der Waals surface area (Å²) in [7, 11) is -3.45. The van der Waals surface area contributed by atoms with Crippen molar-refractivity contribution in [1.29, 1.82) is 0 Å². The van der Waals surface area contributed by atoms with Crippen LogP contribution in [0, 0.1) is 0 Å². The fraction of sp³-hybridized carbons (Fsp3) is 0.714. The molecule has 0 aliphatic heterocycles. The molecule has 0 bridgehead atoms. The van der Waals surface area contributed by atoms with E-state index in [1.165, 1.54) is 0 Å². The third kappa shape index (κ3) is 3.38. The van der Waals surface area contributed by atoms with Gasteiger partial charge in [0, 0.05) is 30.5 Å². The van der Waals surface area contributed by atoms with Crippen molar-refractivity contribution in [3.8, 4) is 0 Å². The summed E-state index contributed by atoms with van der Waals surface area (Å²) in [6.07, 6.45) is 2.49. The molecule has 4 nitrogen and oxygen atoms in total. The number of nitrogens with zero attached hydrogens (tertiary/aromatic N) is 2. The zero-order chi connectivity index (χ0) is 15.5. The van der Waals surface area contributed by atoms with E-state index in [9.17, 15) is 8.42 Å². The first kappa shape index (κ1) is 17.5. The lowest BCUT2D eigenvalue weighted by Crippen LogP contribution is -2.37. The van der Waals surface area contributed by atoms with E-state index in [4.69, 9.17) is 11.6 Å². The van der Waals surface area contributed by atoms with E-state index in [0.29, 0.717) is 17.3 Å². The van der Waals surface area contributed by atoms with E-state index < -0.39 is 10.0 Å². The Balaban J connectivity index is 3.28. The Labute approximate surface area is 127 Å². The number of sulfonamides is 1. The van der Waals surface area contributed by atoms with Crippen LogP contribution in [0.1, 0.15) is 52.8 Å². The number of alkyl halides is 1. The smallest absolute Gasteiger partial charge is 0.244 e. The van der Waals surface area contributed by atoms with Crippen molar-refractivity contribution in [2.24, 2.45) is 0 Å². The summed E-state index contributed by atoms with van der Waals surface area (Å²) in [4.78, 5) is 0.337. The summed E-state index contributed by atoms with van der Waals surface area (Å²) < 4.78 is 28.9. The van der Waals surface area contributed by atoms with Gasteiger partial charge in [-0.1, -0.05) is 13.8 Å². The predicted molar refractivity (Wildman–Crippen MR) is 83.7 cm³/mol. The first-order valence-corrected chi connectivity index (χ1v) is 9.05. The van der Waals surface area contributed by atoms with Crippen molar-refractivity contribution in [3.63, 3.8) is 0 Å². The number of hydrogen-bond donors (Lipinski definition) is 0. The largest absolute Gasteiger partial charge is 0.346 e. The number of rotatable bonds is 7. The Kier molecular flexibility index (Phi) is 6.10. The third-order valence-electron chi connectivity index (χ3n) is 3.60. The van der Waals surface area contributed by atoms with E-state index >= 15 is 0 Å². The van der Waals surface area contributed by atoms with E-state index in [1.807, 2.05) is 39.2 Å². The Morgan fingerprint density at radius 3 is 2.25 bits per heavy atom. The monoisotopic (exact) mass is 320 g/mol. The molecule has 0 saturated carbocycles. The highest BCUT2D eigenvalue weighted by molar-refractivity contribution is 7.89. The average Bonchev–Trinajstić information content (AvgIpc) is 2.83. The third-order valence-corrected chi connectivity index (χ3v) is 5.93. The molecule has 1 aromatic heterocycles. The molecular formula is C14H25ClN2O2S. The molecule has 0 spiro atoms. The van der Waals surface area contributed by atoms with Crippen molar-refractivity contribution in [2.45, 2.75) is 63.9 Å². The van der Waals surface area contributed by atoms with Gasteiger partial charge < -0.3 is 4.57 Å². The van der Waals surface area contributed by atoms with Crippen molar-refractivity contribution in [1.82, 2.24) is 8.87 Å². The van der Waals surface area contributed by atoms with Gasteiger partial charge in [0.25, 0.3) is 0 Å². The highest BCUT2D eigenvalue weighted by Crippen LogP contribution is 2.24. The van der Waals surface area contributed by atoms with E-state index in [2.05, 4.69) is 0 Å². The fourth-order valence-electron chi connectivity index (χ4n) is 2.28. The van der Waals surface area contributed by atoms with Crippen LogP contribution in [0.3, 0.4) is 0 Å². The second-order valence-corrected chi connectivity index (χ2v) is 7.43. The molecule has 0 amide bonds. The highest BCUT2D eigenvalue weighted by Gasteiger charge is 2.28. The molecule has 0 radical (unpaired) electrons. The minimum atomic E-state index is -3.45. The van der Waals surface area contributed by atoms with Crippen LogP contribution in [0.2, 0.25) is 0 Å². The molecule has 1 aromatic rings. The Morgan fingerprint density at radius 1 is 1.30 bits per heavy atom. The SMILES string of the molecule is CCC(C)N(CC)S(=O)(=O)c1cc(CCl)n(C(C)C)c1. The summed E-state index contributed by atoms with van der Waals surface area (Å²) in [5.74, 6) is 0.309. The summed E-state index contributed by atoms with van der Waals surface area (Å²) in [5.41, 5.74) is 0.834. The van der Waals surface area contributed by atoms with Crippen molar-refractivity contribution in [3.05, 3.63) is 18.0 Å². The van der Waals surface area contributed by atoms with Crippen LogP contribution in [0.25, 0.3) is 0 Å². The molecule has 116 valence electrons. The van der Waals surface area contributed by atoms with E-state index in [1.54, 1.807) is 16.6 Å². The summed E-state index contributed by atoms with van der Waals surface area (Å²) >= 11 is 5.91. The van der Waals surface area contributed by atoms with Gasteiger partial charge in [-0.15, -0.1) is 11.6 Å². The minimum absolute atomic E-state index is 0.00754. The van der Waals surface area contributed by atoms with Gasteiger partial charge in [-0.25, -0.2) is 8.42 Å². The van der Waals surface area contributed by atoms with Crippen LogP contribution < -0.4 is 0 Å². The maximum absolute atomic E-state index is 12.7. The van der Waals surface area contributed by atoms with E-state index in [-0.39, 0.29) is 12.1 Å². The number of halogens is 1. The van der Waals surface area contributed by atoms with Gasteiger partial charge in [0.05, 0.1) is 5.88 Å². The van der Waals surface area contributed by atoms with Gasteiger partial charge in [0.15, 0.2) is 0 Å². The molecular weight excluding hydrogens is 296 g/mol. The summed E-state index contributed by atoms with van der Waals surface area (Å²) in [6.45, 7) is 10.3. The van der Waals surface area contributed by atoms with Crippen LogP contribution >= 0.6 is 11.6 Å². The van der Waals surface area contributed by atoms with Gasteiger partial charge in [-0.2, -0.15) is 4.31 Å². The van der Waals surface area contributed by atoms with Gasteiger partial charge >= 0.3 is 0 Å². The average molecular weight is 321 g/mol. The predicted octanol–water partition coefficient (Wildman–Crippen LogP) is 3.62. The molecule has 1 rings (SSSR count). The molecule has 1 heterocycles. The van der Waals surface area contributed by atoms with Crippen LogP contribution in [-0.4, -0.2) is 29.9 Å². The number of hydrogen-bond acceptors (Lipinski definition) is 2. The van der Waals surface area contributed by atoms with Gasteiger partial charge in [0.2, 0.25) is 10.0 Å². The van der Waals surface area contributed by atoms with Crippen LogP contribution in [0.4, 0.5) is 0 Å². The zero-order valence-corrected chi connectivity index (χ0v) is 14.5. The van der Waals surface area contributed by atoms with Crippen molar-refractivity contribution in [2.75, 3.05) is 6.54 Å². The Morgan fingerprint density at radius 2 is 1.90 bits per heavy atom. The molecule has 6 heteroatoms. The maximum Gasteiger partial charge on any atom is 0.244 e. The zero-order valence-electron chi connectivity index (χ0n) is 12.9. The topological polar surface area (TPSA) is 42.3 Å². The fourth-order valence-corrected chi connectivity index (χ4v) is 4.26. The lowest BCUT2D eigenvalue weighted by Gasteiger charge is -2.25. The van der Waals surface area contributed by atoms with Gasteiger partial charge in [-0.05, 0) is 33.3 Å². The Bertz CT molecular complexity index is 537. The molecule has 0 aliphatic rings. The minimum Gasteiger partial charge on any atom is -0.346 e. The van der Waals surface area contributed by atoms with Gasteiger partial charge in [-0.3, -0.25) is 0 Å². The van der Waals surface area contributed by atoms with E-state index in [0.717, 1.165) is 12.1 Å². The standard InChI is InChI=1S/C14H25ClN2O2S/c1-6-12(5)17(7-2)20(18,19)14-8-13(9-15)16(10-14)11(3)4/h8,10-12H,6-7,9H2,1-5H3. The normalized spacial score (nSPS) is 14.2. The van der Waals surface area contributed by atoms with Crippen LogP contribution in [0.5, 0.6) is 0 Å². The lowest BCUT2D eigenvalue weighted by molar-refractivity contribution is 0.342. The molecule has 20 heavy (non-hydrogen) atoms. The highest BCUT2D eigenvalue weighted by atomic mass is 35.5. The Hall–Kier alpha value is -0.520. The molecule has 0 fully saturated rings. The maximum atomic E-state index is 12.7. The second kappa shape index (κ2) is 6.96. The molecule has 0 aromatic carbocycles. The second-order valence-electron chi connectivity index (χ2n) is 5.27.